The highest BCUT2D eigenvalue weighted by atomic mass is 32.2. The summed E-state index contributed by atoms with van der Waals surface area (Å²) in [5, 5.41) is 3.35. The van der Waals surface area contributed by atoms with Crippen molar-refractivity contribution in [1.29, 1.82) is 0 Å². The normalized spacial score (nSPS) is 16.2. The zero-order chi connectivity index (χ0) is 13.9. The first-order chi connectivity index (χ1) is 9.72. The Morgan fingerprint density at radius 2 is 1.95 bits per heavy atom. The molecule has 1 saturated carbocycles. The molecule has 0 amide bonds. The molecule has 1 aromatic heterocycles. The quantitative estimate of drug-likeness (QED) is 0.890. The molecule has 0 spiro atoms. The van der Waals surface area contributed by atoms with Gasteiger partial charge in [0.05, 0.1) is 28.0 Å². The van der Waals surface area contributed by atoms with Crippen LogP contribution in [0.1, 0.15) is 24.4 Å². The average Bonchev–Trinajstić information content (AvgIpc) is 3.17. The monoisotopic (exact) mass is 293 g/mol. The second kappa shape index (κ2) is 5.89. The molecule has 0 aliphatic heterocycles. The molecule has 0 saturated heterocycles. The van der Waals surface area contributed by atoms with Gasteiger partial charge in [-0.25, -0.2) is 4.39 Å². The van der Waals surface area contributed by atoms with Gasteiger partial charge in [-0.15, -0.1) is 0 Å². The van der Waals surface area contributed by atoms with Gasteiger partial charge in [-0.05, 0) is 37.1 Å². The number of benzene rings is 1. The minimum atomic E-state index is -1.42. The van der Waals surface area contributed by atoms with Gasteiger partial charge in [0.2, 0.25) is 0 Å². The zero-order valence-electron chi connectivity index (χ0n) is 11.0. The molecule has 2 aromatic rings. The molecular weight excluding hydrogens is 277 g/mol. The smallest absolute Gasteiger partial charge is 0.139 e. The Morgan fingerprint density at radius 1 is 1.20 bits per heavy atom. The van der Waals surface area contributed by atoms with Crippen molar-refractivity contribution in [1.82, 2.24) is 5.32 Å². The van der Waals surface area contributed by atoms with Crippen LogP contribution in [0.2, 0.25) is 0 Å². The molecule has 3 nitrogen and oxygen atoms in total. The zero-order valence-corrected chi connectivity index (χ0v) is 11.8. The minimum Gasteiger partial charge on any atom is -0.464 e. The fraction of sp³-hybridized carbons (Fsp3) is 0.333. The molecule has 3 rings (SSSR count). The molecular formula is C15H16FNO2S. The van der Waals surface area contributed by atoms with Gasteiger partial charge in [0.1, 0.15) is 17.3 Å². The lowest BCUT2D eigenvalue weighted by molar-refractivity contribution is 0.457. The Kier molecular flexibility index (Phi) is 3.98. The van der Waals surface area contributed by atoms with E-state index in [1.165, 1.54) is 18.9 Å². The van der Waals surface area contributed by atoms with E-state index in [1.54, 1.807) is 18.2 Å². The average molecular weight is 293 g/mol. The fourth-order valence-corrected chi connectivity index (χ4v) is 3.05. The lowest BCUT2D eigenvalue weighted by Gasteiger charge is -2.02. The van der Waals surface area contributed by atoms with Crippen LogP contribution in [-0.4, -0.2) is 10.3 Å². The Balaban J connectivity index is 1.62. The highest BCUT2D eigenvalue weighted by molar-refractivity contribution is 7.84. The fourth-order valence-electron chi connectivity index (χ4n) is 1.96. The maximum absolute atomic E-state index is 13.5. The standard InChI is InChI=1S/C15H16FNO2S/c16-14-3-1-2-4-15(14)20(18)10-13-8-7-12(19-13)9-17-11-5-6-11/h1-4,7-8,11,17H,5-6,9-10H2. The molecule has 1 unspecified atom stereocenters. The molecule has 1 aliphatic rings. The van der Waals surface area contributed by atoms with Crippen molar-refractivity contribution in [3.8, 4) is 0 Å². The molecule has 5 heteroatoms. The van der Waals surface area contributed by atoms with E-state index in [0.29, 0.717) is 18.3 Å². The molecule has 1 fully saturated rings. The Bertz CT molecular complexity index is 622. The molecule has 0 radical (unpaired) electrons. The highest BCUT2D eigenvalue weighted by Crippen LogP contribution is 2.21. The van der Waals surface area contributed by atoms with Gasteiger partial charge in [0.15, 0.2) is 0 Å². The number of nitrogens with one attached hydrogen (secondary N) is 1. The van der Waals surface area contributed by atoms with Gasteiger partial charge < -0.3 is 9.73 Å². The van der Waals surface area contributed by atoms with Crippen LogP contribution < -0.4 is 5.32 Å². The Morgan fingerprint density at radius 3 is 2.70 bits per heavy atom. The highest BCUT2D eigenvalue weighted by Gasteiger charge is 2.20. The van der Waals surface area contributed by atoms with E-state index in [0.717, 1.165) is 5.76 Å². The predicted molar refractivity (Wildman–Crippen MR) is 75.1 cm³/mol. The number of hydrogen-bond donors (Lipinski definition) is 1. The van der Waals surface area contributed by atoms with Crippen molar-refractivity contribution >= 4 is 10.8 Å². The maximum Gasteiger partial charge on any atom is 0.139 e. The van der Waals surface area contributed by atoms with Crippen LogP contribution >= 0.6 is 0 Å². The van der Waals surface area contributed by atoms with Crippen LogP contribution in [0.25, 0.3) is 0 Å². The van der Waals surface area contributed by atoms with E-state index in [1.807, 2.05) is 12.1 Å². The molecule has 1 heterocycles. The first-order valence-corrected chi connectivity index (χ1v) is 7.98. The van der Waals surface area contributed by atoms with Crippen LogP contribution in [0.5, 0.6) is 0 Å². The minimum absolute atomic E-state index is 0.199. The van der Waals surface area contributed by atoms with Crippen LogP contribution in [0.4, 0.5) is 4.39 Å². The van der Waals surface area contributed by atoms with E-state index in [-0.39, 0.29) is 10.6 Å². The molecule has 20 heavy (non-hydrogen) atoms. The summed E-state index contributed by atoms with van der Waals surface area (Å²) in [5.74, 6) is 1.22. The van der Waals surface area contributed by atoms with E-state index in [4.69, 9.17) is 4.42 Å². The molecule has 1 atom stereocenters. The molecule has 1 N–H and O–H groups in total. The van der Waals surface area contributed by atoms with Gasteiger partial charge in [-0.2, -0.15) is 0 Å². The van der Waals surface area contributed by atoms with Crippen LogP contribution in [0.3, 0.4) is 0 Å². The summed E-state index contributed by atoms with van der Waals surface area (Å²) in [6.07, 6.45) is 2.45. The van der Waals surface area contributed by atoms with Gasteiger partial charge in [-0.1, -0.05) is 12.1 Å². The third kappa shape index (κ3) is 3.35. The van der Waals surface area contributed by atoms with Crippen molar-refractivity contribution in [2.75, 3.05) is 0 Å². The second-order valence-electron chi connectivity index (χ2n) is 4.94. The number of rotatable bonds is 6. The van der Waals surface area contributed by atoms with Gasteiger partial charge >= 0.3 is 0 Å². The summed E-state index contributed by atoms with van der Waals surface area (Å²) in [4.78, 5) is 0.224. The number of furan rings is 1. The summed E-state index contributed by atoms with van der Waals surface area (Å²) in [7, 11) is -1.42. The summed E-state index contributed by atoms with van der Waals surface area (Å²) < 4.78 is 31.3. The Hall–Kier alpha value is -1.46. The Labute approximate surface area is 119 Å². The summed E-state index contributed by atoms with van der Waals surface area (Å²) in [5.41, 5.74) is 0. The molecule has 1 aromatic carbocycles. The lowest BCUT2D eigenvalue weighted by Crippen LogP contribution is -2.14. The maximum atomic E-state index is 13.5. The van der Waals surface area contributed by atoms with Gasteiger partial charge in [-0.3, -0.25) is 4.21 Å². The van der Waals surface area contributed by atoms with Gasteiger partial charge in [0.25, 0.3) is 0 Å². The predicted octanol–water partition coefficient (Wildman–Crippen LogP) is 2.98. The van der Waals surface area contributed by atoms with Gasteiger partial charge in [0, 0.05) is 6.04 Å². The summed E-state index contributed by atoms with van der Waals surface area (Å²) >= 11 is 0. The number of halogens is 1. The summed E-state index contributed by atoms with van der Waals surface area (Å²) in [6.45, 7) is 0.691. The van der Waals surface area contributed by atoms with Crippen molar-refractivity contribution in [3.05, 3.63) is 53.7 Å². The third-order valence-electron chi connectivity index (χ3n) is 3.21. The first-order valence-electron chi connectivity index (χ1n) is 6.66. The largest absolute Gasteiger partial charge is 0.464 e. The second-order valence-corrected chi connectivity index (χ2v) is 6.36. The van der Waals surface area contributed by atoms with Crippen LogP contribution in [0, 0.1) is 5.82 Å². The van der Waals surface area contributed by atoms with E-state index in [9.17, 15) is 8.60 Å². The van der Waals surface area contributed by atoms with Crippen LogP contribution in [0.15, 0.2) is 45.7 Å². The summed E-state index contributed by atoms with van der Waals surface area (Å²) in [6, 6.07) is 10.4. The van der Waals surface area contributed by atoms with E-state index in [2.05, 4.69) is 5.32 Å². The molecule has 1 aliphatic carbocycles. The van der Waals surface area contributed by atoms with Crippen molar-refractivity contribution in [2.24, 2.45) is 0 Å². The van der Waals surface area contributed by atoms with Crippen LogP contribution in [-0.2, 0) is 23.1 Å². The van der Waals surface area contributed by atoms with Crippen molar-refractivity contribution in [2.45, 2.75) is 36.1 Å². The topological polar surface area (TPSA) is 42.2 Å². The first kappa shape index (κ1) is 13.5. The lowest BCUT2D eigenvalue weighted by atomic mass is 10.3. The molecule has 0 bridgehead atoms. The third-order valence-corrected chi connectivity index (χ3v) is 4.58. The van der Waals surface area contributed by atoms with E-state index >= 15 is 0 Å². The van der Waals surface area contributed by atoms with Crippen molar-refractivity contribution in [3.63, 3.8) is 0 Å². The molecule has 106 valence electrons. The SMILES string of the molecule is O=S(Cc1ccc(CNC2CC2)o1)c1ccccc1F. The van der Waals surface area contributed by atoms with E-state index < -0.39 is 16.6 Å². The number of hydrogen-bond acceptors (Lipinski definition) is 3. The van der Waals surface area contributed by atoms with Crippen molar-refractivity contribution < 1.29 is 13.0 Å².